The molecule has 0 radical (unpaired) electrons. The first kappa shape index (κ1) is 10.5. The molecule has 0 aliphatic carbocycles. The van der Waals surface area contributed by atoms with E-state index in [2.05, 4.69) is 0 Å². The zero-order valence-electron chi connectivity index (χ0n) is 7.69. The van der Waals surface area contributed by atoms with Gasteiger partial charge in [-0.25, -0.2) is 0 Å². The molecule has 0 aliphatic heterocycles. The molecule has 0 aliphatic rings. The highest BCUT2D eigenvalue weighted by Crippen LogP contribution is 2.12. The van der Waals surface area contributed by atoms with Gasteiger partial charge in [0, 0.05) is 5.56 Å². The van der Waals surface area contributed by atoms with Crippen LogP contribution in [0.5, 0.6) is 5.75 Å². The molecular weight excluding hydrogens is 198 g/mol. The Bertz CT molecular complexity index is 353. The van der Waals surface area contributed by atoms with Crippen molar-refractivity contribution in [2.75, 3.05) is 13.7 Å². The summed E-state index contributed by atoms with van der Waals surface area (Å²) in [4.78, 5) is 0. The number of nitrogens with zero attached hydrogens (tertiary/aromatic N) is 1. The lowest BCUT2D eigenvalue weighted by Crippen LogP contribution is -2.03. The molecule has 0 spiro atoms. The van der Waals surface area contributed by atoms with Crippen molar-refractivity contribution in [1.82, 2.24) is 0 Å². The van der Waals surface area contributed by atoms with Crippen molar-refractivity contribution >= 4 is 17.3 Å². The summed E-state index contributed by atoms with van der Waals surface area (Å²) in [6.45, 7) is -0.0230. The predicted octanol–water partition coefficient (Wildman–Crippen LogP) is 1.91. The summed E-state index contributed by atoms with van der Waals surface area (Å²) >= 11 is 4.95. The molecule has 0 heterocycles. The van der Waals surface area contributed by atoms with Crippen LogP contribution in [-0.2, 0) is 4.74 Å². The molecule has 0 fully saturated rings. The smallest absolute Gasteiger partial charge is 0.192 e. The number of hydrogen-bond acceptors (Lipinski definition) is 4. The van der Waals surface area contributed by atoms with E-state index in [4.69, 9.17) is 27.0 Å². The van der Waals surface area contributed by atoms with Crippen molar-refractivity contribution in [2.24, 2.45) is 0 Å². The summed E-state index contributed by atoms with van der Waals surface area (Å²) in [6, 6.07) is 9.02. The molecule has 1 aromatic carbocycles. The van der Waals surface area contributed by atoms with Gasteiger partial charge in [-0.1, -0.05) is 0 Å². The third-order valence-electron chi connectivity index (χ3n) is 1.59. The average Bonchev–Trinajstić information content (AvgIpc) is 2.26. The van der Waals surface area contributed by atoms with E-state index in [0.717, 1.165) is 11.3 Å². The summed E-state index contributed by atoms with van der Waals surface area (Å²) in [7, 11) is 1.60. The van der Waals surface area contributed by atoms with Crippen LogP contribution in [0.2, 0.25) is 0 Å². The highest BCUT2D eigenvalue weighted by molar-refractivity contribution is 7.80. The van der Waals surface area contributed by atoms with Crippen LogP contribution in [-0.4, -0.2) is 18.8 Å². The first-order valence-corrected chi connectivity index (χ1v) is 4.37. The van der Waals surface area contributed by atoms with Crippen molar-refractivity contribution in [2.45, 2.75) is 0 Å². The number of ether oxygens (including phenoxy) is 2. The number of methoxy groups -OCH3 is 1. The van der Waals surface area contributed by atoms with E-state index in [0.29, 0.717) is 5.05 Å². The summed E-state index contributed by atoms with van der Waals surface area (Å²) in [5.74, 6) is 0.761. The van der Waals surface area contributed by atoms with Crippen molar-refractivity contribution < 1.29 is 9.47 Å². The summed E-state index contributed by atoms with van der Waals surface area (Å²) in [6.07, 6.45) is 0. The van der Waals surface area contributed by atoms with Crippen molar-refractivity contribution in [3.63, 3.8) is 0 Å². The molecule has 0 saturated carbocycles. The second-order valence-electron chi connectivity index (χ2n) is 2.46. The Kier molecular flexibility index (Phi) is 3.89. The molecular formula is C10H9NO2S. The SMILES string of the molecule is COc1ccc(C(=S)OCC#N)cc1. The van der Waals surface area contributed by atoms with E-state index in [-0.39, 0.29) is 6.61 Å². The number of benzene rings is 1. The van der Waals surface area contributed by atoms with Gasteiger partial charge in [-0.2, -0.15) is 5.26 Å². The highest BCUT2D eigenvalue weighted by Gasteiger charge is 2.01. The summed E-state index contributed by atoms with van der Waals surface area (Å²) in [5, 5.41) is 8.62. The molecule has 0 bridgehead atoms. The zero-order valence-corrected chi connectivity index (χ0v) is 8.50. The Morgan fingerprint density at radius 3 is 2.57 bits per heavy atom. The van der Waals surface area contributed by atoms with Gasteiger partial charge in [-0.05, 0) is 36.5 Å². The van der Waals surface area contributed by atoms with E-state index in [1.54, 1.807) is 31.4 Å². The Morgan fingerprint density at radius 2 is 2.07 bits per heavy atom. The largest absolute Gasteiger partial charge is 0.497 e. The lowest BCUT2D eigenvalue weighted by Gasteiger charge is -2.04. The normalized spacial score (nSPS) is 8.86. The fraction of sp³-hybridized carbons (Fsp3) is 0.200. The Labute approximate surface area is 87.9 Å². The maximum absolute atomic E-state index is 8.29. The van der Waals surface area contributed by atoms with Crippen LogP contribution in [0.4, 0.5) is 0 Å². The molecule has 3 nitrogen and oxygen atoms in total. The number of rotatable bonds is 3. The van der Waals surface area contributed by atoms with Gasteiger partial charge < -0.3 is 9.47 Å². The van der Waals surface area contributed by atoms with E-state index in [9.17, 15) is 0 Å². The topological polar surface area (TPSA) is 42.2 Å². The van der Waals surface area contributed by atoms with E-state index in [1.807, 2.05) is 6.07 Å². The molecule has 0 N–H and O–H groups in total. The van der Waals surface area contributed by atoms with E-state index in [1.165, 1.54) is 0 Å². The standard InChI is InChI=1S/C10H9NO2S/c1-12-9-4-2-8(3-5-9)10(14)13-7-6-11/h2-5H,7H2,1H3. The second-order valence-corrected chi connectivity index (χ2v) is 2.83. The van der Waals surface area contributed by atoms with Gasteiger partial charge >= 0.3 is 0 Å². The van der Waals surface area contributed by atoms with Crippen LogP contribution in [0.15, 0.2) is 24.3 Å². The van der Waals surface area contributed by atoms with E-state index < -0.39 is 0 Å². The first-order chi connectivity index (χ1) is 6.77. The fourth-order valence-corrected chi connectivity index (χ4v) is 1.10. The Morgan fingerprint density at radius 1 is 1.43 bits per heavy atom. The van der Waals surface area contributed by atoms with Crippen LogP contribution in [0.1, 0.15) is 5.56 Å². The minimum Gasteiger partial charge on any atom is -0.497 e. The number of thiocarbonyl (C=S) groups is 1. The van der Waals surface area contributed by atoms with Gasteiger partial charge in [-0.15, -0.1) is 0 Å². The third-order valence-corrected chi connectivity index (χ3v) is 1.95. The third kappa shape index (κ3) is 2.71. The molecule has 4 heteroatoms. The lowest BCUT2D eigenvalue weighted by atomic mass is 10.2. The second kappa shape index (κ2) is 5.20. The van der Waals surface area contributed by atoms with Crippen molar-refractivity contribution in [1.29, 1.82) is 5.26 Å². The van der Waals surface area contributed by atoms with Crippen LogP contribution < -0.4 is 4.74 Å². The molecule has 0 unspecified atom stereocenters. The Hall–Kier alpha value is -1.60. The van der Waals surface area contributed by atoms with Crippen molar-refractivity contribution in [3.05, 3.63) is 29.8 Å². The fourth-order valence-electron chi connectivity index (χ4n) is 0.908. The number of nitriles is 1. The lowest BCUT2D eigenvalue weighted by molar-refractivity contribution is 0.366. The quantitative estimate of drug-likeness (QED) is 0.710. The Balaban J connectivity index is 2.67. The van der Waals surface area contributed by atoms with Crippen LogP contribution in [0.3, 0.4) is 0 Å². The molecule has 1 aromatic rings. The molecule has 1 rings (SSSR count). The van der Waals surface area contributed by atoms with Crippen LogP contribution in [0.25, 0.3) is 0 Å². The maximum atomic E-state index is 8.29. The van der Waals surface area contributed by atoms with Crippen LogP contribution in [0, 0.1) is 11.3 Å². The van der Waals surface area contributed by atoms with E-state index >= 15 is 0 Å². The minimum atomic E-state index is -0.0230. The number of hydrogen-bond donors (Lipinski definition) is 0. The molecule has 72 valence electrons. The summed E-state index contributed by atoms with van der Waals surface area (Å²) in [5.41, 5.74) is 0.774. The first-order valence-electron chi connectivity index (χ1n) is 3.96. The van der Waals surface area contributed by atoms with Gasteiger partial charge in [0.05, 0.1) is 7.11 Å². The van der Waals surface area contributed by atoms with Gasteiger partial charge in [0.25, 0.3) is 0 Å². The van der Waals surface area contributed by atoms with Gasteiger partial charge in [0.1, 0.15) is 11.8 Å². The van der Waals surface area contributed by atoms with Gasteiger partial charge in [0.2, 0.25) is 0 Å². The zero-order chi connectivity index (χ0) is 10.4. The maximum Gasteiger partial charge on any atom is 0.192 e. The molecule has 0 aromatic heterocycles. The highest BCUT2D eigenvalue weighted by atomic mass is 32.1. The van der Waals surface area contributed by atoms with Gasteiger partial charge in [0.15, 0.2) is 11.7 Å². The van der Waals surface area contributed by atoms with Crippen molar-refractivity contribution in [3.8, 4) is 11.8 Å². The average molecular weight is 207 g/mol. The molecule has 0 amide bonds. The van der Waals surface area contributed by atoms with Crippen LogP contribution >= 0.6 is 12.2 Å². The molecule has 0 atom stereocenters. The molecule has 0 saturated heterocycles. The predicted molar refractivity (Wildman–Crippen MR) is 56.3 cm³/mol. The monoisotopic (exact) mass is 207 g/mol. The minimum absolute atomic E-state index is 0.0230. The summed E-state index contributed by atoms with van der Waals surface area (Å²) < 4.78 is 9.97. The van der Waals surface area contributed by atoms with Gasteiger partial charge in [-0.3, -0.25) is 0 Å². The molecule has 14 heavy (non-hydrogen) atoms.